The van der Waals surface area contributed by atoms with E-state index in [1.165, 1.54) is 0 Å². The second kappa shape index (κ2) is 6.26. The predicted octanol–water partition coefficient (Wildman–Crippen LogP) is 0.782. The summed E-state index contributed by atoms with van der Waals surface area (Å²) in [7, 11) is 0. The van der Waals surface area contributed by atoms with Crippen LogP contribution in [0.25, 0.3) is 0 Å². The van der Waals surface area contributed by atoms with E-state index >= 15 is 0 Å². The Morgan fingerprint density at radius 2 is 2.05 bits per heavy atom. The van der Waals surface area contributed by atoms with Gasteiger partial charge in [0.25, 0.3) is 0 Å². The fourth-order valence-electron chi connectivity index (χ4n) is 3.10. The van der Waals surface area contributed by atoms with Crippen LogP contribution in [0.5, 0.6) is 0 Å². The zero-order valence-corrected chi connectivity index (χ0v) is 12.1. The summed E-state index contributed by atoms with van der Waals surface area (Å²) in [5, 5.41) is 3.35. The number of carbonyl (C=O) groups is 2. The van der Waals surface area contributed by atoms with E-state index in [4.69, 9.17) is 0 Å². The third kappa shape index (κ3) is 3.08. The monoisotopic (exact) mass is 287 g/mol. The number of piperazine rings is 1. The van der Waals surface area contributed by atoms with Gasteiger partial charge in [-0.2, -0.15) is 0 Å². The Balaban J connectivity index is 1.71. The van der Waals surface area contributed by atoms with Crippen LogP contribution in [0.4, 0.5) is 0 Å². The van der Waals surface area contributed by atoms with Crippen molar-refractivity contribution < 1.29 is 9.59 Å². The molecule has 0 unspecified atom stereocenters. The number of amides is 2. The maximum Gasteiger partial charge on any atom is 0.242 e. The molecule has 0 saturated carbocycles. The highest BCUT2D eigenvalue weighted by Crippen LogP contribution is 2.22. The van der Waals surface area contributed by atoms with Gasteiger partial charge in [0.05, 0.1) is 12.6 Å². The van der Waals surface area contributed by atoms with Gasteiger partial charge >= 0.3 is 0 Å². The van der Waals surface area contributed by atoms with E-state index in [1.54, 1.807) is 4.90 Å². The van der Waals surface area contributed by atoms with Gasteiger partial charge in [-0.1, -0.05) is 30.3 Å². The number of nitrogens with one attached hydrogen (secondary N) is 1. The smallest absolute Gasteiger partial charge is 0.242 e. The molecule has 2 aliphatic heterocycles. The summed E-state index contributed by atoms with van der Waals surface area (Å²) in [6.07, 6.45) is 1.45. The van der Waals surface area contributed by atoms with Gasteiger partial charge in [-0.3, -0.25) is 9.59 Å². The Bertz CT molecular complexity index is 518. The van der Waals surface area contributed by atoms with Crippen molar-refractivity contribution >= 4 is 11.8 Å². The van der Waals surface area contributed by atoms with Crippen LogP contribution in [0.2, 0.25) is 0 Å². The molecule has 2 amide bonds. The van der Waals surface area contributed by atoms with Gasteiger partial charge in [-0.25, -0.2) is 0 Å². The number of carbonyl (C=O) groups excluding carboxylic acids is 2. The summed E-state index contributed by atoms with van der Waals surface area (Å²) < 4.78 is 0. The minimum atomic E-state index is 0.0561. The van der Waals surface area contributed by atoms with Crippen LogP contribution in [0.15, 0.2) is 30.3 Å². The average Bonchev–Trinajstić information content (AvgIpc) is 2.93. The summed E-state index contributed by atoms with van der Waals surface area (Å²) in [4.78, 5) is 27.9. The maximum atomic E-state index is 12.6. The molecule has 21 heavy (non-hydrogen) atoms. The Morgan fingerprint density at radius 3 is 2.76 bits per heavy atom. The number of hydrogen-bond acceptors (Lipinski definition) is 3. The lowest BCUT2D eigenvalue weighted by molar-refractivity contribution is -0.140. The van der Waals surface area contributed by atoms with Crippen LogP contribution in [0.3, 0.4) is 0 Å². The Kier molecular flexibility index (Phi) is 4.20. The molecule has 112 valence electrons. The lowest BCUT2D eigenvalue weighted by atomic mass is 10.0. The van der Waals surface area contributed by atoms with E-state index < -0.39 is 0 Å². The van der Waals surface area contributed by atoms with Crippen molar-refractivity contribution in [3.8, 4) is 0 Å². The molecule has 0 bridgehead atoms. The third-order valence-corrected chi connectivity index (χ3v) is 4.25. The highest BCUT2D eigenvalue weighted by molar-refractivity contribution is 5.86. The summed E-state index contributed by atoms with van der Waals surface area (Å²) in [5.74, 6) is 0.162. The summed E-state index contributed by atoms with van der Waals surface area (Å²) in [6.45, 7) is 3.21. The zero-order chi connectivity index (χ0) is 14.7. The summed E-state index contributed by atoms with van der Waals surface area (Å²) in [5.41, 5.74) is 1.14. The van der Waals surface area contributed by atoms with Crippen LogP contribution in [0, 0.1) is 0 Å². The van der Waals surface area contributed by atoms with Gasteiger partial charge < -0.3 is 15.1 Å². The number of hydrogen-bond donors (Lipinski definition) is 1. The van der Waals surface area contributed by atoms with Crippen molar-refractivity contribution in [2.24, 2.45) is 0 Å². The molecule has 1 aromatic carbocycles. The van der Waals surface area contributed by atoms with Crippen molar-refractivity contribution in [3.63, 3.8) is 0 Å². The molecule has 1 atom stereocenters. The van der Waals surface area contributed by atoms with Crippen molar-refractivity contribution in [1.82, 2.24) is 15.1 Å². The molecule has 1 aromatic rings. The van der Waals surface area contributed by atoms with Gasteiger partial charge in [0.1, 0.15) is 0 Å². The maximum absolute atomic E-state index is 12.6. The van der Waals surface area contributed by atoms with Crippen LogP contribution in [0.1, 0.15) is 24.4 Å². The van der Waals surface area contributed by atoms with Gasteiger partial charge in [-0.15, -0.1) is 0 Å². The molecule has 0 spiro atoms. The van der Waals surface area contributed by atoms with Gasteiger partial charge in [0.15, 0.2) is 0 Å². The van der Waals surface area contributed by atoms with Crippen molar-refractivity contribution in [3.05, 3.63) is 35.9 Å². The molecule has 1 N–H and O–H groups in total. The zero-order valence-electron chi connectivity index (χ0n) is 12.1. The van der Waals surface area contributed by atoms with Crippen LogP contribution >= 0.6 is 0 Å². The van der Waals surface area contributed by atoms with Gasteiger partial charge in [-0.05, 0) is 12.0 Å². The molecular weight excluding hydrogens is 266 g/mol. The molecule has 2 heterocycles. The topological polar surface area (TPSA) is 52.7 Å². The van der Waals surface area contributed by atoms with Crippen molar-refractivity contribution in [1.29, 1.82) is 0 Å². The first kappa shape index (κ1) is 14.1. The number of likely N-dealkylation sites (tertiary alicyclic amines) is 1. The molecule has 5 heteroatoms. The normalized spacial score (nSPS) is 22.7. The average molecular weight is 287 g/mol. The molecule has 3 rings (SSSR count). The minimum Gasteiger partial charge on any atom is -0.333 e. The molecule has 5 nitrogen and oxygen atoms in total. The lowest BCUT2D eigenvalue weighted by Crippen LogP contribution is -2.51. The molecule has 0 aliphatic carbocycles. The SMILES string of the molecule is O=C1CCCN1CC(=O)N1CCNC[C@H]1c1ccccc1. The molecular formula is C16H21N3O2. The minimum absolute atomic E-state index is 0.0561. The third-order valence-electron chi connectivity index (χ3n) is 4.25. The first-order chi connectivity index (χ1) is 10.3. The van der Waals surface area contributed by atoms with Crippen LogP contribution < -0.4 is 5.32 Å². The molecule has 2 fully saturated rings. The first-order valence-corrected chi connectivity index (χ1v) is 7.58. The second-order valence-electron chi connectivity index (χ2n) is 5.64. The summed E-state index contributed by atoms with van der Waals surface area (Å²) in [6, 6.07) is 10.1. The lowest BCUT2D eigenvalue weighted by Gasteiger charge is -2.37. The highest BCUT2D eigenvalue weighted by atomic mass is 16.2. The fourth-order valence-corrected chi connectivity index (χ4v) is 3.10. The fraction of sp³-hybridized carbons (Fsp3) is 0.500. The Morgan fingerprint density at radius 1 is 1.24 bits per heavy atom. The van der Waals surface area contributed by atoms with Gasteiger partial charge in [0.2, 0.25) is 11.8 Å². The van der Waals surface area contributed by atoms with Crippen molar-refractivity contribution in [2.75, 3.05) is 32.7 Å². The van der Waals surface area contributed by atoms with Crippen LogP contribution in [-0.2, 0) is 9.59 Å². The number of nitrogens with zero attached hydrogens (tertiary/aromatic N) is 2. The Hall–Kier alpha value is -1.88. The number of benzene rings is 1. The number of rotatable bonds is 3. The molecule has 2 aliphatic rings. The van der Waals surface area contributed by atoms with Gasteiger partial charge in [0, 0.05) is 32.6 Å². The first-order valence-electron chi connectivity index (χ1n) is 7.58. The quantitative estimate of drug-likeness (QED) is 0.894. The van der Waals surface area contributed by atoms with E-state index in [-0.39, 0.29) is 24.4 Å². The summed E-state index contributed by atoms with van der Waals surface area (Å²) >= 11 is 0. The van der Waals surface area contributed by atoms with E-state index in [9.17, 15) is 9.59 Å². The second-order valence-corrected chi connectivity index (χ2v) is 5.64. The predicted molar refractivity (Wildman–Crippen MR) is 79.6 cm³/mol. The highest BCUT2D eigenvalue weighted by Gasteiger charge is 2.30. The van der Waals surface area contributed by atoms with E-state index in [0.717, 1.165) is 25.1 Å². The Labute approximate surface area is 124 Å². The standard InChI is InChI=1S/C16H21N3O2/c20-15-7-4-9-18(15)12-16(21)19-10-8-17-11-14(19)13-5-2-1-3-6-13/h1-3,5-6,14,17H,4,7-12H2/t14-/m0/s1. The van der Waals surface area contributed by atoms with Crippen LogP contribution in [-0.4, -0.2) is 54.3 Å². The van der Waals surface area contributed by atoms with E-state index in [0.29, 0.717) is 19.5 Å². The molecule has 0 aromatic heterocycles. The molecule has 0 radical (unpaired) electrons. The van der Waals surface area contributed by atoms with E-state index in [1.807, 2.05) is 23.1 Å². The van der Waals surface area contributed by atoms with E-state index in [2.05, 4.69) is 17.4 Å². The van der Waals surface area contributed by atoms with Crippen molar-refractivity contribution in [2.45, 2.75) is 18.9 Å². The largest absolute Gasteiger partial charge is 0.333 e. The molecule has 2 saturated heterocycles.